The Bertz CT molecular complexity index is 585. The Kier molecular flexibility index (Phi) is 4.90. The number of rotatable bonds is 6. The van der Waals surface area contributed by atoms with E-state index in [4.69, 9.17) is 4.42 Å². The summed E-state index contributed by atoms with van der Waals surface area (Å²) in [5.74, 6) is 1.32. The van der Waals surface area contributed by atoms with Gasteiger partial charge in [0.1, 0.15) is 12.3 Å². The molecule has 118 valence electrons. The van der Waals surface area contributed by atoms with Gasteiger partial charge in [-0.25, -0.2) is 0 Å². The largest absolute Gasteiger partial charge is 0.469 e. The van der Waals surface area contributed by atoms with E-state index in [0.717, 1.165) is 31.0 Å². The van der Waals surface area contributed by atoms with Crippen molar-refractivity contribution in [3.63, 3.8) is 0 Å². The standard InChI is InChI=1S/C16H22N4O2/c21-16(18-8-5-14-4-2-10-22-14)12-20-15(6-9-19-20)13-3-1-7-17-11-13/h2,4,6,9-10,13,17H,1,3,5,7-8,11-12H2,(H,18,21)/t13-/m0/s1. The van der Waals surface area contributed by atoms with Gasteiger partial charge in [-0.1, -0.05) is 0 Å². The minimum absolute atomic E-state index is 0.0136. The van der Waals surface area contributed by atoms with Gasteiger partial charge in [0.2, 0.25) is 5.91 Å². The minimum atomic E-state index is -0.0136. The monoisotopic (exact) mass is 302 g/mol. The van der Waals surface area contributed by atoms with Crippen molar-refractivity contribution in [2.75, 3.05) is 19.6 Å². The topological polar surface area (TPSA) is 72.1 Å². The average Bonchev–Trinajstić information content (AvgIpc) is 3.20. The first-order valence-corrected chi connectivity index (χ1v) is 7.84. The molecule has 6 nitrogen and oxygen atoms in total. The van der Waals surface area contributed by atoms with Crippen molar-refractivity contribution in [3.05, 3.63) is 42.1 Å². The summed E-state index contributed by atoms with van der Waals surface area (Å²) in [6.07, 6.45) is 6.45. The molecule has 0 aromatic carbocycles. The first kappa shape index (κ1) is 14.8. The zero-order valence-corrected chi connectivity index (χ0v) is 12.6. The fraction of sp³-hybridized carbons (Fsp3) is 0.500. The maximum Gasteiger partial charge on any atom is 0.241 e. The number of nitrogens with zero attached hydrogens (tertiary/aromatic N) is 2. The lowest BCUT2D eigenvalue weighted by atomic mass is 9.96. The minimum Gasteiger partial charge on any atom is -0.469 e. The Morgan fingerprint density at radius 2 is 2.45 bits per heavy atom. The second kappa shape index (κ2) is 7.26. The van der Waals surface area contributed by atoms with Gasteiger partial charge >= 0.3 is 0 Å². The Morgan fingerprint density at radius 3 is 3.23 bits per heavy atom. The molecule has 1 aliphatic rings. The van der Waals surface area contributed by atoms with E-state index in [-0.39, 0.29) is 12.5 Å². The molecule has 3 heterocycles. The van der Waals surface area contributed by atoms with Crippen molar-refractivity contribution < 1.29 is 9.21 Å². The van der Waals surface area contributed by atoms with Crippen molar-refractivity contribution in [3.8, 4) is 0 Å². The third-order valence-corrected chi connectivity index (χ3v) is 4.03. The predicted molar refractivity (Wildman–Crippen MR) is 82.5 cm³/mol. The molecule has 0 bridgehead atoms. The van der Waals surface area contributed by atoms with Crippen LogP contribution in [0.15, 0.2) is 35.1 Å². The lowest BCUT2D eigenvalue weighted by Gasteiger charge is -2.23. The van der Waals surface area contributed by atoms with Crippen LogP contribution in [-0.4, -0.2) is 35.3 Å². The smallest absolute Gasteiger partial charge is 0.241 e. The van der Waals surface area contributed by atoms with Crippen LogP contribution >= 0.6 is 0 Å². The van der Waals surface area contributed by atoms with Crippen LogP contribution in [-0.2, 0) is 17.8 Å². The Labute approximate surface area is 129 Å². The first-order valence-electron chi connectivity index (χ1n) is 7.84. The van der Waals surface area contributed by atoms with Crippen molar-refractivity contribution in [1.82, 2.24) is 20.4 Å². The van der Waals surface area contributed by atoms with E-state index in [9.17, 15) is 4.79 Å². The van der Waals surface area contributed by atoms with Crippen LogP contribution in [0.5, 0.6) is 0 Å². The van der Waals surface area contributed by atoms with Crippen LogP contribution in [0.3, 0.4) is 0 Å². The molecule has 1 fully saturated rings. The predicted octanol–water partition coefficient (Wildman–Crippen LogP) is 1.30. The van der Waals surface area contributed by atoms with Gasteiger partial charge in [-0.2, -0.15) is 5.10 Å². The SMILES string of the molecule is O=C(Cn1nccc1[C@H]1CCCNC1)NCCc1ccco1. The van der Waals surface area contributed by atoms with Gasteiger partial charge in [-0.05, 0) is 37.6 Å². The molecule has 0 unspecified atom stereocenters. The number of furan rings is 1. The summed E-state index contributed by atoms with van der Waals surface area (Å²) in [6.45, 7) is 2.90. The molecule has 0 radical (unpaired) electrons. The molecule has 6 heteroatoms. The van der Waals surface area contributed by atoms with Crippen LogP contribution in [0.1, 0.15) is 30.2 Å². The highest BCUT2D eigenvalue weighted by Gasteiger charge is 2.19. The quantitative estimate of drug-likeness (QED) is 0.844. The van der Waals surface area contributed by atoms with E-state index in [1.54, 1.807) is 12.5 Å². The highest BCUT2D eigenvalue weighted by Crippen LogP contribution is 2.22. The highest BCUT2D eigenvalue weighted by molar-refractivity contribution is 5.75. The molecular formula is C16H22N4O2. The van der Waals surface area contributed by atoms with Crippen LogP contribution in [0.4, 0.5) is 0 Å². The highest BCUT2D eigenvalue weighted by atomic mass is 16.3. The van der Waals surface area contributed by atoms with Crippen molar-refractivity contribution in [2.45, 2.75) is 31.7 Å². The summed E-state index contributed by atoms with van der Waals surface area (Å²) in [4.78, 5) is 12.1. The van der Waals surface area contributed by atoms with Gasteiger partial charge in [0.15, 0.2) is 0 Å². The van der Waals surface area contributed by atoms with E-state index >= 15 is 0 Å². The molecule has 3 rings (SSSR count). The van der Waals surface area contributed by atoms with Gasteiger partial charge in [-0.3, -0.25) is 9.48 Å². The molecule has 0 aliphatic carbocycles. The number of carbonyl (C=O) groups excluding carboxylic acids is 1. The fourth-order valence-electron chi connectivity index (χ4n) is 2.90. The number of hydrogen-bond donors (Lipinski definition) is 2. The molecule has 1 aliphatic heterocycles. The molecule has 1 amide bonds. The van der Waals surface area contributed by atoms with Gasteiger partial charge in [0.25, 0.3) is 0 Å². The van der Waals surface area contributed by atoms with Crippen LogP contribution < -0.4 is 10.6 Å². The van der Waals surface area contributed by atoms with Crippen LogP contribution in [0.2, 0.25) is 0 Å². The van der Waals surface area contributed by atoms with Gasteiger partial charge in [-0.15, -0.1) is 0 Å². The number of amides is 1. The van der Waals surface area contributed by atoms with Crippen molar-refractivity contribution in [1.29, 1.82) is 0 Å². The normalized spacial score (nSPS) is 18.3. The van der Waals surface area contributed by atoms with Crippen LogP contribution in [0, 0.1) is 0 Å². The van der Waals surface area contributed by atoms with Crippen molar-refractivity contribution in [2.24, 2.45) is 0 Å². The van der Waals surface area contributed by atoms with E-state index in [1.807, 2.05) is 22.9 Å². The molecule has 2 aromatic heterocycles. The third-order valence-electron chi connectivity index (χ3n) is 4.03. The summed E-state index contributed by atoms with van der Waals surface area (Å²) in [5, 5.41) is 10.6. The lowest BCUT2D eigenvalue weighted by Crippen LogP contribution is -2.33. The summed E-state index contributed by atoms with van der Waals surface area (Å²) >= 11 is 0. The third kappa shape index (κ3) is 3.76. The number of aromatic nitrogens is 2. The summed E-state index contributed by atoms with van der Waals surface area (Å²) in [6, 6.07) is 5.78. The maximum atomic E-state index is 12.1. The molecule has 2 N–H and O–H groups in total. The molecule has 1 saturated heterocycles. The first-order chi connectivity index (χ1) is 10.8. The van der Waals surface area contributed by atoms with Gasteiger partial charge in [0.05, 0.1) is 6.26 Å². The Morgan fingerprint density at radius 1 is 1.50 bits per heavy atom. The zero-order valence-electron chi connectivity index (χ0n) is 12.6. The van der Waals surface area contributed by atoms with E-state index in [0.29, 0.717) is 18.9 Å². The van der Waals surface area contributed by atoms with E-state index in [1.165, 1.54) is 6.42 Å². The number of carbonyl (C=O) groups is 1. The number of hydrogen-bond acceptors (Lipinski definition) is 4. The molecule has 2 aromatic rings. The summed E-state index contributed by atoms with van der Waals surface area (Å²) < 4.78 is 7.06. The molecule has 0 spiro atoms. The molecule has 1 atom stereocenters. The molecule has 0 saturated carbocycles. The second-order valence-corrected chi connectivity index (χ2v) is 5.64. The summed E-state index contributed by atoms with van der Waals surface area (Å²) in [5.41, 5.74) is 1.15. The lowest BCUT2D eigenvalue weighted by molar-refractivity contribution is -0.121. The average molecular weight is 302 g/mol. The number of nitrogens with one attached hydrogen (secondary N) is 2. The summed E-state index contributed by atoms with van der Waals surface area (Å²) in [7, 11) is 0. The zero-order chi connectivity index (χ0) is 15.2. The maximum absolute atomic E-state index is 12.1. The molecular weight excluding hydrogens is 280 g/mol. The van der Waals surface area contributed by atoms with Gasteiger partial charge in [0, 0.05) is 37.3 Å². The van der Waals surface area contributed by atoms with E-state index < -0.39 is 0 Å². The van der Waals surface area contributed by atoms with E-state index in [2.05, 4.69) is 15.7 Å². The molecule has 22 heavy (non-hydrogen) atoms. The van der Waals surface area contributed by atoms with Crippen molar-refractivity contribution >= 4 is 5.91 Å². The fourth-order valence-corrected chi connectivity index (χ4v) is 2.90. The van der Waals surface area contributed by atoms with Crippen LogP contribution in [0.25, 0.3) is 0 Å². The number of piperidine rings is 1. The Balaban J connectivity index is 1.50. The second-order valence-electron chi connectivity index (χ2n) is 5.64. The Hall–Kier alpha value is -2.08. The van der Waals surface area contributed by atoms with Gasteiger partial charge < -0.3 is 15.1 Å².